The first-order chi connectivity index (χ1) is 14.4. The smallest absolute Gasteiger partial charge is 0.394 e. The van der Waals surface area contributed by atoms with Crippen LogP contribution in [0.3, 0.4) is 0 Å². The summed E-state index contributed by atoms with van der Waals surface area (Å²) in [6.07, 6.45) is -2.97. The number of fused-ring (bicyclic) bond motifs is 1. The Bertz CT molecular complexity index is 1200. The molecule has 0 fully saturated rings. The van der Waals surface area contributed by atoms with Crippen LogP contribution in [-0.2, 0) is 6.18 Å². The molecule has 0 saturated heterocycles. The molecule has 4 aromatic rings. The lowest BCUT2D eigenvalue weighted by Gasteiger charge is -2.11. The fourth-order valence-electron chi connectivity index (χ4n) is 3.01. The van der Waals surface area contributed by atoms with Gasteiger partial charge < -0.3 is 19.9 Å². The number of hydrogen-bond donors (Lipinski definition) is 3. The van der Waals surface area contributed by atoms with Crippen LogP contribution < -0.4 is 5.32 Å². The topological polar surface area (TPSA) is 104 Å². The summed E-state index contributed by atoms with van der Waals surface area (Å²) < 4.78 is 43.8. The van der Waals surface area contributed by atoms with E-state index in [4.69, 9.17) is 4.52 Å². The number of carbonyl (C=O) groups excluding carboxylic acids is 1. The van der Waals surface area contributed by atoms with E-state index in [0.29, 0.717) is 10.9 Å². The number of aliphatic hydroxyl groups excluding tert-OH is 1. The van der Waals surface area contributed by atoms with Crippen LogP contribution in [0.1, 0.15) is 27.9 Å². The highest BCUT2D eigenvalue weighted by molar-refractivity contribution is 6.06. The van der Waals surface area contributed by atoms with E-state index in [1.54, 1.807) is 12.1 Å². The summed E-state index contributed by atoms with van der Waals surface area (Å²) >= 11 is 0. The van der Waals surface area contributed by atoms with Crippen molar-refractivity contribution < 1.29 is 27.6 Å². The van der Waals surface area contributed by atoms with Gasteiger partial charge in [0.2, 0.25) is 5.82 Å². The molecule has 0 aliphatic heterocycles. The van der Waals surface area contributed by atoms with Gasteiger partial charge in [-0.2, -0.15) is 18.2 Å². The summed E-state index contributed by atoms with van der Waals surface area (Å²) in [4.78, 5) is 19.7. The normalized spacial score (nSPS) is 12.8. The second-order valence-corrected chi connectivity index (χ2v) is 6.49. The number of para-hydroxylation sites is 1. The first-order valence-corrected chi connectivity index (χ1v) is 8.86. The van der Waals surface area contributed by atoms with Crippen molar-refractivity contribution in [2.75, 3.05) is 6.61 Å². The Morgan fingerprint density at radius 1 is 1.20 bits per heavy atom. The molecule has 0 radical (unpaired) electrons. The molecule has 2 aromatic carbocycles. The summed E-state index contributed by atoms with van der Waals surface area (Å²) in [5, 5.41) is 16.6. The van der Waals surface area contributed by atoms with Crippen molar-refractivity contribution in [3.8, 4) is 11.4 Å². The van der Waals surface area contributed by atoms with Crippen molar-refractivity contribution in [3.63, 3.8) is 0 Å². The van der Waals surface area contributed by atoms with Crippen LogP contribution in [0, 0.1) is 0 Å². The number of aromatic amines is 1. The molecule has 10 heteroatoms. The van der Waals surface area contributed by atoms with Gasteiger partial charge in [-0.15, -0.1) is 0 Å². The molecule has 0 aliphatic carbocycles. The fraction of sp³-hybridized carbons (Fsp3) is 0.150. The molecular weight excluding hydrogens is 401 g/mol. The second kappa shape index (κ2) is 7.64. The molecule has 1 unspecified atom stereocenters. The van der Waals surface area contributed by atoms with Crippen molar-refractivity contribution in [2.24, 2.45) is 0 Å². The summed E-state index contributed by atoms with van der Waals surface area (Å²) in [6, 6.07) is 10.6. The van der Waals surface area contributed by atoms with E-state index in [-0.39, 0.29) is 17.3 Å². The van der Waals surface area contributed by atoms with Crippen molar-refractivity contribution in [2.45, 2.75) is 12.2 Å². The number of nitrogens with one attached hydrogen (secondary N) is 2. The van der Waals surface area contributed by atoms with Crippen molar-refractivity contribution in [1.82, 2.24) is 20.4 Å². The van der Waals surface area contributed by atoms with Gasteiger partial charge in [0, 0.05) is 22.7 Å². The number of amides is 1. The van der Waals surface area contributed by atoms with Crippen LogP contribution in [0.2, 0.25) is 0 Å². The Labute approximate surface area is 167 Å². The monoisotopic (exact) mass is 416 g/mol. The zero-order chi connectivity index (χ0) is 21.3. The van der Waals surface area contributed by atoms with Gasteiger partial charge in [0.25, 0.3) is 11.8 Å². The number of benzene rings is 2. The number of carbonyl (C=O) groups is 1. The van der Waals surface area contributed by atoms with Crippen LogP contribution in [0.5, 0.6) is 0 Å². The Kier molecular flexibility index (Phi) is 5.00. The number of rotatable bonds is 5. The largest absolute Gasteiger partial charge is 0.416 e. The average molecular weight is 416 g/mol. The molecule has 0 saturated carbocycles. The van der Waals surface area contributed by atoms with Gasteiger partial charge in [0.15, 0.2) is 0 Å². The highest BCUT2D eigenvalue weighted by atomic mass is 19.4. The number of aliphatic hydroxyl groups is 1. The van der Waals surface area contributed by atoms with Crippen LogP contribution >= 0.6 is 0 Å². The van der Waals surface area contributed by atoms with E-state index in [9.17, 15) is 23.1 Å². The van der Waals surface area contributed by atoms with Gasteiger partial charge in [-0.3, -0.25) is 4.79 Å². The van der Waals surface area contributed by atoms with Gasteiger partial charge in [0.1, 0.15) is 6.04 Å². The Morgan fingerprint density at radius 2 is 2.00 bits per heavy atom. The zero-order valence-corrected chi connectivity index (χ0v) is 15.3. The van der Waals surface area contributed by atoms with Crippen LogP contribution in [0.25, 0.3) is 22.3 Å². The number of alkyl halides is 3. The molecule has 1 amide bonds. The third-order valence-corrected chi connectivity index (χ3v) is 4.51. The molecule has 7 nitrogen and oxygen atoms in total. The molecule has 4 rings (SSSR count). The third-order valence-electron chi connectivity index (χ3n) is 4.51. The molecule has 0 spiro atoms. The minimum absolute atomic E-state index is 0.0871. The summed E-state index contributed by atoms with van der Waals surface area (Å²) in [6.45, 7) is -0.543. The number of nitrogens with zero attached hydrogens (tertiary/aromatic N) is 2. The number of hydrogen-bond acceptors (Lipinski definition) is 5. The molecule has 2 aromatic heterocycles. The fourth-order valence-corrected chi connectivity index (χ4v) is 3.01. The maximum absolute atomic E-state index is 12.9. The van der Waals surface area contributed by atoms with Gasteiger partial charge >= 0.3 is 6.18 Å². The molecule has 1 atom stereocenters. The number of H-pyrrole nitrogens is 1. The third kappa shape index (κ3) is 3.77. The van der Waals surface area contributed by atoms with E-state index in [1.165, 1.54) is 18.3 Å². The maximum Gasteiger partial charge on any atom is 0.416 e. The average Bonchev–Trinajstić information content (AvgIpc) is 3.39. The maximum atomic E-state index is 12.9. The summed E-state index contributed by atoms with van der Waals surface area (Å²) in [7, 11) is 0. The molecule has 0 aliphatic rings. The quantitative estimate of drug-likeness (QED) is 0.460. The highest BCUT2D eigenvalue weighted by Gasteiger charge is 2.31. The second-order valence-electron chi connectivity index (χ2n) is 6.49. The first kappa shape index (κ1) is 19.6. The van der Waals surface area contributed by atoms with Crippen molar-refractivity contribution in [3.05, 3.63) is 71.7 Å². The molecule has 154 valence electrons. The number of aromatic nitrogens is 3. The van der Waals surface area contributed by atoms with Crippen molar-refractivity contribution in [1.29, 1.82) is 0 Å². The van der Waals surface area contributed by atoms with E-state index >= 15 is 0 Å². The zero-order valence-electron chi connectivity index (χ0n) is 15.3. The van der Waals surface area contributed by atoms with Gasteiger partial charge in [-0.25, -0.2) is 0 Å². The predicted molar refractivity (Wildman–Crippen MR) is 100 cm³/mol. The van der Waals surface area contributed by atoms with E-state index in [0.717, 1.165) is 17.6 Å². The SMILES string of the molecule is O=C(NC(CO)c1nc(-c2cccc(C(F)(F)F)c2)no1)c1c[nH]c2ccccc12. The molecule has 30 heavy (non-hydrogen) atoms. The van der Waals surface area contributed by atoms with E-state index < -0.39 is 30.3 Å². The molecule has 3 N–H and O–H groups in total. The minimum atomic E-state index is -4.51. The lowest BCUT2D eigenvalue weighted by atomic mass is 10.1. The Balaban J connectivity index is 1.56. The lowest BCUT2D eigenvalue weighted by Crippen LogP contribution is -2.30. The predicted octanol–water partition coefficient (Wildman–Crippen LogP) is 3.70. The van der Waals surface area contributed by atoms with E-state index in [1.807, 2.05) is 12.1 Å². The summed E-state index contributed by atoms with van der Waals surface area (Å²) in [5.41, 5.74) is 0.381. The molecular formula is C20H15F3N4O3. The van der Waals surface area contributed by atoms with Crippen LogP contribution in [-0.4, -0.2) is 32.7 Å². The Morgan fingerprint density at radius 3 is 2.77 bits per heavy atom. The van der Waals surface area contributed by atoms with Crippen LogP contribution in [0.4, 0.5) is 13.2 Å². The number of halogens is 3. The minimum Gasteiger partial charge on any atom is -0.394 e. The molecule has 0 bridgehead atoms. The Hall–Kier alpha value is -3.66. The van der Waals surface area contributed by atoms with E-state index in [2.05, 4.69) is 20.4 Å². The summed E-state index contributed by atoms with van der Waals surface area (Å²) in [5.74, 6) is -0.695. The lowest BCUT2D eigenvalue weighted by molar-refractivity contribution is -0.137. The first-order valence-electron chi connectivity index (χ1n) is 8.86. The standard InChI is InChI=1S/C20H15F3N4O3/c21-20(22,23)12-5-3-4-11(8-12)17-26-19(30-27-17)16(10-28)25-18(29)14-9-24-15-7-2-1-6-13(14)15/h1-9,16,24,28H,10H2,(H,25,29). The van der Waals surface area contributed by atoms with Crippen molar-refractivity contribution >= 4 is 16.8 Å². The molecule has 2 heterocycles. The van der Waals surface area contributed by atoms with Gasteiger partial charge in [-0.05, 0) is 18.2 Å². The van der Waals surface area contributed by atoms with Gasteiger partial charge in [0.05, 0.1) is 17.7 Å². The highest BCUT2D eigenvalue weighted by Crippen LogP contribution is 2.31. The van der Waals surface area contributed by atoms with Gasteiger partial charge in [-0.1, -0.05) is 35.5 Å². The van der Waals surface area contributed by atoms with Crippen LogP contribution in [0.15, 0.2) is 59.3 Å².